The van der Waals surface area contributed by atoms with E-state index in [-0.39, 0.29) is 5.41 Å². The van der Waals surface area contributed by atoms with Gasteiger partial charge in [0.1, 0.15) is 0 Å². The van der Waals surface area contributed by atoms with Gasteiger partial charge in [0.05, 0.1) is 6.07 Å². The molecule has 0 amide bonds. The molecule has 1 heteroatoms. The van der Waals surface area contributed by atoms with E-state index in [2.05, 4.69) is 45.9 Å². The average Bonchev–Trinajstić information content (AvgIpc) is 2.17. The van der Waals surface area contributed by atoms with Crippen molar-refractivity contribution in [3.63, 3.8) is 0 Å². The van der Waals surface area contributed by atoms with Crippen LogP contribution in [-0.2, 0) is 6.42 Å². The van der Waals surface area contributed by atoms with Crippen molar-refractivity contribution in [2.75, 3.05) is 0 Å². The van der Waals surface area contributed by atoms with E-state index in [1.165, 1.54) is 11.1 Å². The predicted octanol–water partition coefficient (Wildman–Crippen LogP) is 4.12. The van der Waals surface area contributed by atoms with Crippen molar-refractivity contribution in [2.45, 2.75) is 34.1 Å². The number of benzene rings is 1. The van der Waals surface area contributed by atoms with Crippen LogP contribution in [0.1, 0.15) is 33.3 Å². The first-order valence-corrected chi connectivity index (χ1v) is 5.59. The van der Waals surface area contributed by atoms with Gasteiger partial charge in [-0.15, -0.1) is 0 Å². The van der Waals surface area contributed by atoms with Crippen LogP contribution in [0.3, 0.4) is 0 Å². The minimum atomic E-state index is -0.0619. The zero-order chi connectivity index (χ0) is 12.2. The molecular formula is C15H19N. The monoisotopic (exact) mass is 213 g/mol. The Morgan fingerprint density at radius 1 is 1.19 bits per heavy atom. The van der Waals surface area contributed by atoms with Crippen LogP contribution in [0.25, 0.3) is 0 Å². The molecule has 0 heterocycles. The van der Waals surface area contributed by atoms with Gasteiger partial charge >= 0.3 is 0 Å². The van der Waals surface area contributed by atoms with E-state index in [1.54, 1.807) is 0 Å². The zero-order valence-electron chi connectivity index (χ0n) is 10.5. The topological polar surface area (TPSA) is 23.8 Å². The molecule has 0 saturated carbocycles. The van der Waals surface area contributed by atoms with Gasteiger partial charge in [0, 0.05) is 5.57 Å². The summed E-state index contributed by atoms with van der Waals surface area (Å²) in [6.45, 7) is 8.30. The van der Waals surface area contributed by atoms with Crippen LogP contribution < -0.4 is 0 Å². The fourth-order valence-corrected chi connectivity index (χ4v) is 1.89. The lowest BCUT2D eigenvalue weighted by Crippen LogP contribution is -2.10. The molecule has 1 rings (SSSR count). The molecule has 1 aromatic rings. The Labute approximate surface area is 98.4 Å². The smallest absolute Gasteiger partial charge is 0.0952 e. The molecule has 0 aliphatic rings. The first kappa shape index (κ1) is 12.5. The van der Waals surface area contributed by atoms with E-state index in [1.807, 2.05) is 18.2 Å². The Kier molecular flexibility index (Phi) is 3.90. The van der Waals surface area contributed by atoms with Crippen LogP contribution >= 0.6 is 0 Å². The number of nitrogens with zero attached hydrogens (tertiary/aromatic N) is 1. The van der Waals surface area contributed by atoms with Crippen molar-refractivity contribution in [3.05, 3.63) is 47.0 Å². The molecule has 0 saturated heterocycles. The molecule has 0 atom stereocenters. The van der Waals surface area contributed by atoms with Gasteiger partial charge in [-0.2, -0.15) is 5.26 Å². The fraction of sp³-hybridized carbons (Fsp3) is 0.400. The van der Waals surface area contributed by atoms with Crippen LogP contribution in [0.4, 0.5) is 0 Å². The summed E-state index contributed by atoms with van der Waals surface area (Å²) < 4.78 is 0. The molecule has 1 nitrogen and oxygen atoms in total. The molecule has 0 aliphatic heterocycles. The third-order valence-corrected chi connectivity index (χ3v) is 2.60. The van der Waals surface area contributed by atoms with Crippen molar-refractivity contribution in [1.29, 1.82) is 5.26 Å². The highest BCUT2D eigenvalue weighted by atomic mass is 14.3. The Morgan fingerprint density at radius 2 is 1.75 bits per heavy atom. The summed E-state index contributed by atoms with van der Waals surface area (Å²) in [6, 6.07) is 12.6. The molecule has 0 unspecified atom stereocenters. The summed E-state index contributed by atoms with van der Waals surface area (Å²) in [7, 11) is 0. The quantitative estimate of drug-likeness (QED) is 0.678. The highest BCUT2D eigenvalue weighted by Gasteiger charge is 2.19. The summed E-state index contributed by atoms with van der Waals surface area (Å²) in [5, 5.41) is 9.20. The van der Waals surface area contributed by atoms with Gasteiger partial charge in [0.2, 0.25) is 0 Å². The van der Waals surface area contributed by atoms with Crippen molar-refractivity contribution in [1.82, 2.24) is 0 Å². The molecule has 0 bridgehead atoms. The van der Waals surface area contributed by atoms with Gasteiger partial charge < -0.3 is 0 Å². The molecule has 0 spiro atoms. The Hall–Kier alpha value is -1.55. The fourth-order valence-electron chi connectivity index (χ4n) is 1.89. The van der Waals surface area contributed by atoms with Gasteiger partial charge in [-0.1, -0.05) is 56.7 Å². The van der Waals surface area contributed by atoms with Crippen LogP contribution in [0.5, 0.6) is 0 Å². The average molecular weight is 213 g/mol. The van der Waals surface area contributed by atoms with E-state index < -0.39 is 0 Å². The number of allylic oxidation sites excluding steroid dienone is 2. The second kappa shape index (κ2) is 4.99. The second-order valence-corrected chi connectivity index (χ2v) is 5.18. The van der Waals surface area contributed by atoms with Crippen LogP contribution in [0.15, 0.2) is 41.5 Å². The summed E-state index contributed by atoms with van der Waals surface area (Å²) in [4.78, 5) is 0. The summed E-state index contributed by atoms with van der Waals surface area (Å²) >= 11 is 0. The van der Waals surface area contributed by atoms with Crippen LogP contribution in [0.2, 0.25) is 0 Å². The first-order valence-electron chi connectivity index (χ1n) is 5.59. The Bertz CT molecular complexity index is 413. The van der Waals surface area contributed by atoms with Gasteiger partial charge in [-0.05, 0) is 24.3 Å². The van der Waals surface area contributed by atoms with E-state index in [4.69, 9.17) is 0 Å². The van der Waals surface area contributed by atoms with Gasteiger partial charge in [0.15, 0.2) is 0 Å². The van der Waals surface area contributed by atoms with E-state index in [9.17, 15) is 5.26 Å². The van der Waals surface area contributed by atoms with Crippen LogP contribution in [-0.4, -0.2) is 0 Å². The van der Waals surface area contributed by atoms with E-state index in [0.717, 1.165) is 12.0 Å². The van der Waals surface area contributed by atoms with Crippen molar-refractivity contribution < 1.29 is 0 Å². The van der Waals surface area contributed by atoms with E-state index in [0.29, 0.717) is 0 Å². The minimum absolute atomic E-state index is 0.0619. The first-order chi connectivity index (χ1) is 7.45. The number of hydrogen-bond acceptors (Lipinski definition) is 1. The lowest BCUT2D eigenvalue weighted by Gasteiger charge is -2.20. The highest BCUT2D eigenvalue weighted by molar-refractivity contribution is 5.35. The van der Waals surface area contributed by atoms with Gasteiger partial charge in [-0.3, -0.25) is 0 Å². The summed E-state index contributed by atoms with van der Waals surface area (Å²) in [5.41, 5.74) is 3.27. The lowest BCUT2D eigenvalue weighted by atomic mass is 9.83. The number of hydrogen-bond donors (Lipinski definition) is 0. The molecule has 0 radical (unpaired) electrons. The molecule has 0 aliphatic carbocycles. The lowest BCUT2D eigenvalue weighted by molar-refractivity contribution is 0.513. The third kappa shape index (κ3) is 3.24. The molecule has 1 aromatic carbocycles. The maximum Gasteiger partial charge on any atom is 0.0952 e. The molecule has 16 heavy (non-hydrogen) atoms. The van der Waals surface area contributed by atoms with Crippen molar-refractivity contribution in [3.8, 4) is 6.07 Å². The Morgan fingerprint density at radius 3 is 2.19 bits per heavy atom. The van der Waals surface area contributed by atoms with Crippen molar-refractivity contribution in [2.24, 2.45) is 5.41 Å². The van der Waals surface area contributed by atoms with Crippen LogP contribution in [0, 0.1) is 16.7 Å². The molecule has 0 fully saturated rings. The largest absolute Gasteiger partial charge is 0.193 e. The zero-order valence-corrected chi connectivity index (χ0v) is 10.5. The highest BCUT2D eigenvalue weighted by Crippen LogP contribution is 2.28. The number of nitriles is 1. The van der Waals surface area contributed by atoms with Crippen molar-refractivity contribution >= 4 is 0 Å². The molecular weight excluding hydrogens is 194 g/mol. The summed E-state index contributed by atoms with van der Waals surface area (Å²) in [5.74, 6) is 0. The third-order valence-electron chi connectivity index (χ3n) is 2.60. The number of rotatable bonds is 2. The normalized spacial score (nSPS) is 12.9. The maximum atomic E-state index is 9.20. The molecule has 84 valence electrons. The second-order valence-electron chi connectivity index (χ2n) is 5.18. The molecule has 0 N–H and O–H groups in total. The predicted molar refractivity (Wildman–Crippen MR) is 67.9 cm³/mol. The van der Waals surface area contributed by atoms with E-state index >= 15 is 0 Å². The van der Waals surface area contributed by atoms with Gasteiger partial charge in [-0.25, -0.2) is 0 Å². The minimum Gasteiger partial charge on any atom is -0.193 e. The Balaban J connectivity index is 2.97. The molecule has 0 aromatic heterocycles. The summed E-state index contributed by atoms with van der Waals surface area (Å²) in [6.07, 6.45) is 0.862. The maximum absolute atomic E-state index is 9.20. The van der Waals surface area contributed by atoms with Gasteiger partial charge in [0.25, 0.3) is 0 Å². The SMILES string of the molecule is C/C(Cc1ccccc1)=C(/C#N)C(C)(C)C. The standard InChI is InChI=1S/C15H19N/c1-12(14(11-16)15(2,3)4)10-13-8-6-5-7-9-13/h5-9H,10H2,1-4H3/b14-12+.